The third-order valence-corrected chi connectivity index (χ3v) is 12.1. The van der Waals surface area contributed by atoms with Crippen molar-refractivity contribution in [1.29, 1.82) is 0 Å². The SMILES string of the molecule is Brc1cccc([Si](c2ccccc2)(c2ccc3ccccc3c2)c2ccc3ccccc3c2)c1. The molecule has 0 fully saturated rings. The Balaban J connectivity index is 1.77. The van der Waals surface area contributed by atoms with Gasteiger partial charge in [0.15, 0.2) is 8.07 Å². The first kappa shape index (κ1) is 21.1. The second-order valence-corrected chi connectivity index (χ2v) is 13.5. The number of halogens is 1. The Labute approximate surface area is 209 Å². The Morgan fingerprint density at radius 1 is 0.353 bits per heavy atom. The first-order valence-corrected chi connectivity index (χ1v) is 14.3. The van der Waals surface area contributed by atoms with Crippen LogP contribution < -0.4 is 20.7 Å². The van der Waals surface area contributed by atoms with Crippen molar-refractivity contribution in [3.8, 4) is 0 Å². The van der Waals surface area contributed by atoms with Crippen LogP contribution in [0.5, 0.6) is 0 Å². The molecule has 0 aliphatic heterocycles. The lowest BCUT2D eigenvalue weighted by Crippen LogP contribution is -2.74. The maximum Gasteiger partial charge on any atom is 0.179 e. The van der Waals surface area contributed by atoms with Crippen LogP contribution in [0.25, 0.3) is 21.5 Å². The molecule has 0 aliphatic carbocycles. The van der Waals surface area contributed by atoms with E-state index in [4.69, 9.17) is 0 Å². The molecule has 0 bridgehead atoms. The van der Waals surface area contributed by atoms with Crippen molar-refractivity contribution in [3.05, 3.63) is 144 Å². The second-order valence-electron chi connectivity index (χ2n) is 8.75. The molecule has 0 nitrogen and oxygen atoms in total. The molecule has 0 saturated carbocycles. The molecule has 0 N–H and O–H groups in total. The van der Waals surface area contributed by atoms with Gasteiger partial charge in [0.05, 0.1) is 0 Å². The zero-order valence-corrected chi connectivity index (χ0v) is 21.2. The highest BCUT2D eigenvalue weighted by Gasteiger charge is 2.41. The maximum atomic E-state index is 3.77. The molecular weight excluding hydrogens is 492 g/mol. The summed E-state index contributed by atoms with van der Waals surface area (Å²) in [5, 5.41) is 10.7. The summed E-state index contributed by atoms with van der Waals surface area (Å²) < 4.78 is 1.11. The van der Waals surface area contributed by atoms with Gasteiger partial charge >= 0.3 is 0 Å². The molecule has 0 aromatic heterocycles. The van der Waals surface area contributed by atoms with E-state index in [-0.39, 0.29) is 0 Å². The predicted molar refractivity (Wildman–Crippen MR) is 153 cm³/mol. The number of fused-ring (bicyclic) bond motifs is 2. The monoisotopic (exact) mass is 514 g/mol. The highest BCUT2D eigenvalue weighted by Crippen LogP contribution is 2.19. The predicted octanol–water partition coefficient (Wildman–Crippen LogP) is 6.13. The van der Waals surface area contributed by atoms with Crippen LogP contribution >= 0.6 is 15.9 Å². The van der Waals surface area contributed by atoms with Gasteiger partial charge in [0, 0.05) is 4.47 Å². The van der Waals surface area contributed by atoms with Crippen molar-refractivity contribution in [1.82, 2.24) is 0 Å². The summed E-state index contributed by atoms with van der Waals surface area (Å²) in [5.74, 6) is 0. The van der Waals surface area contributed by atoms with E-state index in [0.717, 1.165) is 4.47 Å². The molecule has 0 aliphatic rings. The zero-order chi connectivity index (χ0) is 23.0. The van der Waals surface area contributed by atoms with Gasteiger partial charge in [-0.05, 0) is 54.4 Å². The average Bonchev–Trinajstić information content (AvgIpc) is 2.90. The normalized spacial score (nSPS) is 11.7. The van der Waals surface area contributed by atoms with Gasteiger partial charge in [0.25, 0.3) is 0 Å². The summed E-state index contributed by atoms with van der Waals surface area (Å²) >= 11 is 3.77. The van der Waals surface area contributed by atoms with Gasteiger partial charge < -0.3 is 0 Å². The largest absolute Gasteiger partial charge is 0.179 e. The minimum atomic E-state index is -2.60. The van der Waals surface area contributed by atoms with Gasteiger partial charge in [-0.3, -0.25) is 0 Å². The molecule has 0 amide bonds. The molecular formula is C32H23BrSi. The van der Waals surface area contributed by atoms with E-state index in [9.17, 15) is 0 Å². The minimum absolute atomic E-state index is 1.11. The Morgan fingerprint density at radius 2 is 0.824 bits per heavy atom. The van der Waals surface area contributed by atoms with Gasteiger partial charge in [-0.1, -0.05) is 143 Å². The van der Waals surface area contributed by atoms with Crippen LogP contribution in [0.15, 0.2) is 144 Å². The molecule has 0 radical (unpaired) electrons. The van der Waals surface area contributed by atoms with Gasteiger partial charge in [-0.15, -0.1) is 0 Å². The summed E-state index contributed by atoms with van der Waals surface area (Å²) in [6.07, 6.45) is 0. The third kappa shape index (κ3) is 3.51. The van der Waals surface area contributed by atoms with Crippen LogP contribution in [0.4, 0.5) is 0 Å². The topological polar surface area (TPSA) is 0 Å². The van der Waals surface area contributed by atoms with E-state index in [1.54, 1.807) is 0 Å². The van der Waals surface area contributed by atoms with E-state index in [2.05, 4.69) is 155 Å². The quantitative estimate of drug-likeness (QED) is 0.196. The molecule has 0 spiro atoms. The Hall–Kier alpha value is -3.46. The first-order valence-electron chi connectivity index (χ1n) is 11.6. The molecule has 0 atom stereocenters. The lowest BCUT2D eigenvalue weighted by atomic mass is 10.1. The Morgan fingerprint density at radius 3 is 1.38 bits per heavy atom. The van der Waals surface area contributed by atoms with Gasteiger partial charge in [0.1, 0.15) is 0 Å². The van der Waals surface area contributed by atoms with Crippen molar-refractivity contribution in [2.45, 2.75) is 0 Å². The standard InChI is InChI=1S/C32H23BrSi/c33-28-13-8-16-30(23-28)34(29-14-2-1-3-15-29,31-19-17-24-9-4-6-11-26(24)21-31)32-20-18-25-10-5-7-12-27(25)22-32/h1-23H. The van der Waals surface area contributed by atoms with Crippen molar-refractivity contribution in [3.63, 3.8) is 0 Å². The Bertz CT molecular complexity index is 1540. The molecule has 6 aromatic carbocycles. The van der Waals surface area contributed by atoms with Crippen LogP contribution in [0, 0.1) is 0 Å². The summed E-state index contributed by atoms with van der Waals surface area (Å²) in [5.41, 5.74) is 0. The number of hydrogen-bond donors (Lipinski definition) is 0. The molecule has 0 heterocycles. The molecule has 34 heavy (non-hydrogen) atoms. The van der Waals surface area contributed by atoms with E-state index >= 15 is 0 Å². The van der Waals surface area contributed by atoms with Crippen molar-refractivity contribution < 1.29 is 0 Å². The lowest BCUT2D eigenvalue weighted by Gasteiger charge is -2.35. The van der Waals surface area contributed by atoms with Crippen LogP contribution in [-0.4, -0.2) is 8.07 Å². The smallest absolute Gasteiger partial charge is 0.0623 e. The number of rotatable bonds is 4. The van der Waals surface area contributed by atoms with Crippen LogP contribution in [0.3, 0.4) is 0 Å². The molecule has 0 saturated heterocycles. The first-order chi connectivity index (χ1) is 16.7. The lowest BCUT2D eigenvalue weighted by molar-refractivity contribution is 1.66. The van der Waals surface area contributed by atoms with Gasteiger partial charge in [0.2, 0.25) is 0 Å². The van der Waals surface area contributed by atoms with Crippen LogP contribution in [-0.2, 0) is 0 Å². The van der Waals surface area contributed by atoms with E-state index < -0.39 is 8.07 Å². The van der Waals surface area contributed by atoms with Crippen LogP contribution in [0.1, 0.15) is 0 Å². The van der Waals surface area contributed by atoms with Gasteiger partial charge in [-0.25, -0.2) is 0 Å². The molecule has 6 rings (SSSR count). The zero-order valence-electron chi connectivity index (χ0n) is 18.7. The van der Waals surface area contributed by atoms with Crippen LogP contribution in [0.2, 0.25) is 0 Å². The summed E-state index contributed by atoms with van der Waals surface area (Å²) in [6, 6.07) is 51.5. The highest BCUT2D eigenvalue weighted by molar-refractivity contribution is 9.10. The number of hydrogen-bond acceptors (Lipinski definition) is 0. The van der Waals surface area contributed by atoms with Crippen molar-refractivity contribution in [2.75, 3.05) is 0 Å². The Kier molecular flexibility index (Phi) is 5.41. The fourth-order valence-corrected chi connectivity index (χ4v) is 10.7. The van der Waals surface area contributed by atoms with E-state index in [1.165, 1.54) is 42.3 Å². The van der Waals surface area contributed by atoms with Crippen molar-refractivity contribution >= 4 is 66.3 Å². The molecule has 2 heteroatoms. The molecule has 162 valence electrons. The fourth-order valence-electron chi connectivity index (χ4n) is 5.26. The molecule has 6 aromatic rings. The minimum Gasteiger partial charge on any atom is -0.0623 e. The van der Waals surface area contributed by atoms with Crippen molar-refractivity contribution in [2.24, 2.45) is 0 Å². The van der Waals surface area contributed by atoms with E-state index in [0.29, 0.717) is 0 Å². The number of benzene rings is 6. The summed E-state index contributed by atoms with van der Waals surface area (Å²) in [6.45, 7) is 0. The van der Waals surface area contributed by atoms with E-state index in [1.807, 2.05) is 0 Å². The van der Waals surface area contributed by atoms with Gasteiger partial charge in [-0.2, -0.15) is 0 Å². The third-order valence-electron chi connectivity index (χ3n) is 6.83. The summed E-state index contributed by atoms with van der Waals surface area (Å²) in [4.78, 5) is 0. The maximum absolute atomic E-state index is 3.77. The highest BCUT2D eigenvalue weighted by atomic mass is 79.9. The average molecular weight is 516 g/mol. The fraction of sp³-hybridized carbons (Fsp3) is 0. The second kappa shape index (κ2) is 8.71. The molecule has 0 unspecified atom stereocenters. The summed E-state index contributed by atoms with van der Waals surface area (Å²) in [7, 11) is -2.60.